The van der Waals surface area contributed by atoms with Crippen LogP contribution in [0.4, 0.5) is 20.4 Å². The second kappa shape index (κ2) is 25.1. The number of aliphatic hydroxyl groups is 2. The summed E-state index contributed by atoms with van der Waals surface area (Å²) in [4.78, 5) is 71.1. The number of aliphatic hydroxyl groups excluding tert-OH is 2. The van der Waals surface area contributed by atoms with Crippen LogP contribution in [0.25, 0.3) is 22.3 Å². The first-order valence-corrected chi connectivity index (χ1v) is 24.3. The third-order valence-electron chi connectivity index (χ3n) is 12.5. The number of carbonyl (C=O) groups is 4. The zero-order valence-corrected chi connectivity index (χ0v) is 41.9. The SMILES string of the molecule is C#C[C@]1(CO)O[C@@H](n2cnc3c(N)nc(F)nc32)C[C@@H]1O.C#C[C@]1(COC(=O)Cc2ccccc2)O[C@@H](n2cnc3c(N)nc(F)nc32)C[C@@H]1OC(=O)Cc1ccccc1.O=C(Cc1ccccc1)OC(=O)Cc1ccccc1. The summed E-state index contributed by atoms with van der Waals surface area (Å²) >= 11 is 0. The molecule has 10 rings (SSSR count). The summed E-state index contributed by atoms with van der Waals surface area (Å²) in [6, 6.07) is 36.5. The van der Waals surface area contributed by atoms with Crippen LogP contribution < -0.4 is 11.5 Å². The first-order chi connectivity index (χ1) is 38.1. The maximum Gasteiger partial charge on any atom is 0.317 e. The molecule has 2 fully saturated rings. The van der Waals surface area contributed by atoms with E-state index in [2.05, 4.69) is 41.7 Å². The van der Waals surface area contributed by atoms with E-state index in [0.717, 1.165) is 22.3 Å². The lowest BCUT2D eigenvalue weighted by Gasteiger charge is -2.28. The van der Waals surface area contributed by atoms with Crippen LogP contribution in [-0.2, 0) is 68.5 Å². The van der Waals surface area contributed by atoms with Gasteiger partial charge < -0.3 is 45.4 Å². The van der Waals surface area contributed by atoms with Gasteiger partial charge in [0.05, 0.1) is 44.9 Å². The molecule has 79 heavy (non-hydrogen) atoms. The highest BCUT2D eigenvalue weighted by molar-refractivity contribution is 5.87. The van der Waals surface area contributed by atoms with Crippen LogP contribution >= 0.6 is 0 Å². The van der Waals surface area contributed by atoms with E-state index in [0.29, 0.717) is 0 Å². The Bertz CT molecular complexity index is 3480. The van der Waals surface area contributed by atoms with Crippen molar-refractivity contribution < 1.29 is 61.9 Å². The number of fused-ring (bicyclic) bond motifs is 2. The fourth-order valence-corrected chi connectivity index (χ4v) is 8.52. The van der Waals surface area contributed by atoms with Gasteiger partial charge in [-0.2, -0.15) is 28.7 Å². The van der Waals surface area contributed by atoms with Gasteiger partial charge in [-0.1, -0.05) is 133 Å². The van der Waals surface area contributed by atoms with Gasteiger partial charge in [0.15, 0.2) is 39.6 Å². The molecular weight excluding hydrogens is 1030 g/mol. The molecular formula is C56H50F2N10O11. The zero-order chi connectivity index (χ0) is 56.1. The molecule has 404 valence electrons. The summed E-state index contributed by atoms with van der Waals surface area (Å²) in [5, 5.41) is 19.3. The van der Waals surface area contributed by atoms with E-state index in [4.69, 9.17) is 48.0 Å². The molecule has 0 bridgehead atoms. The number of esters is 4. The number of halogens is 2. The van der Waals surface area contributed by atoms with Gasteiger partial charge in [-0.15, -0.1) is 12.8 Å². The van der Waals surface area contributed by atoms with Crippen molar-refractivity contribution in [3.8, 4) is 24.7 Å². The quantitative estimate of drug-likeness (QED) is 0.0383. The largest absolute Gasteiger partial charge is 0.461 e. The highest BCUT2D eigenvalue weighted by Crippen LogP contribution is 2.41. The van der Waals surface area contributed by atoms with E-state index in [1.165, 1.54) is 21.8 Å². The Hall–Kier alpha value is -9.52. The molecule has 4 aromatic heterocycles. The number of anilines is 2. The topological polar surface area (TPSA) is 294 Å². The maximum absolute atomic E-state index is 14.0. The smallest absolute Gasteiger partial charge is 0.317 e. The molecule has 6 heterocycles. The van der Waals surface area contributed by atoms with Gasteiger partial charge in [-0.25, -0.2) is 9.97 Å². The first-order valence-electron chi connectivity index (χ1n) is 24.3. The number of nitrogens with zero attached hydrogens (tertiary/aromatic N) is 8. The molecule has 0 radical (unpaired) electrons. The van der Waals surface area contributed by atoms with E-state index in [1.807, 2.05) is 97.1 Å². The molecule has 2 saturated heterocycles. The van der Waals surface area contributed by atoms with Crippen molar-refractivity contribution >= 4 is 57.8 Å². The van der Waals surface area contributed by atoms with Crippen molar-refractivity contribution in [1.82, 2.24) is 39.0 Å². The monoisotopic (exact) mass is 1080 g/mol. The molecule has 0 amide bonds. The summed E-state index contributed by atoms with van der Waals surface area (Å²) in [5.74, 6) is 2.43. The van der Waals surface area contributed by atoms with E-state index in [-0.39, 0.29) is 79.1 Å². The van der Waals surface area contributed by atoms with Gasteiger partial charge in [0, 0.05) is 12.8 Å². The highest BCUT2D eigenvalue weighted by Gasteiger charge is 2.53. The summed E-state index contributed by atoms with van der Waals surface area (Å²) in [6.07, 6.45) is 8.59. The zero-order valence-electron chi connectivity index (χ0n) is 41.9. The van der Waals surface area contributed by atoms with Crippen molar-refractivity contribution in [3.05, 3.63) is 168 Å². The lowest BCUT2D eigenvalue weighted by atomic mass is 9.98. The van der Waals surface area contributed by atoms with Crippen molar-refractivity contribution in [3.63, 3.8) is 0 Å². The van der Waals surface area contributed by atoms with E-state index >= 15 is 0 Å². The molecule has 4 aromatic carbocycles. The van der Waals surface area contributed by atoms with E-state index < -0.39 is 78.5 Å². The number of nitrogen functional groups attached to an aromatic ring is 2. The fourth-order valence-electron chi connectivity index (χ4n) is 8.52. The lowest BCUT2D eigenvalue weighted by Crippen LogP contribution is -2.45. The van der Waals surface area contributed by atoms with Crippen molar-refractivity contribution in [2.75, 3.05) is 24.7 Å². The number of benzene rings is 4. The second-order valence-corrected chi connectivity index (χ2v) is 17.9. The van der Waals surface area contributed by atoms with Crippen LogP contribution in [0, 0.1) is 36.8 Å². The van der Waals surface area contributed by atoms with Gasteiger partial charge >= 0.3 is 36.0 Å². The number of ether oxygens (including phenoxy) is 5. The Morgan fingerprint density at radius 2 is 1.00 bits per heavy atom. The number of nitrogens with two attached hydrogens (primary N) is 2. The Morgan fingerprint density at radius 3 is 1.41 bits per heavy atom. The highest BCUT2D eigenvalue weighted by atomic mass is 19.1. The molecule has 23 heteroatoms. The average Bonchev–Trinajstić information content (AvgIpc) is 4.44. The number of imidazole rings is 2. The summed E-state index contributed by atoms with van der Waals surface area (Å²) in [7, 11) is 0. The Morgan fingerprint density at radius 1 is 0.608 bits per heavy atom. The van der Waals surface area contributed by atoms with Crippen LogP contribution in [0.2, 0.25) is 0 Å². The fraction of sp³-hybridized carbons (Fsp3) is 0.250. The van der Waals surface area contributed by atoms with Crippen LogP contribution in [-0.4, -0.2) is 110 Å². The summed E-state index contributed by atoms with van der Waals surface area (Å²) in [6.45, 7) is -0.924. The molecule has 6 N–H and O–H groups in total. The molecule has 2 aliphatic heterocycles. The minimum Gasteiger partial charge on any atom is -0.461 e. The number of aromatic nitrogens is 8. The van der Waals surface area contributed by atoms with Crippen molar-refractivity contribution in [2.45, 2.75) is 74.4 Å². The van der Waals surface area contributed by atoms with Gasteiger partial charge in [-0.05, 0) is 22.3 Å². The number of terminal acetylenes is 2. The van der Waals surface area contributed by atoms with Gasteiger partial charge in [-0.3, -0.25) is 28.3 Å². The number of hydrogen-bond acceptors (Lipinski definition) is 19. The van der Waals surface area contributed by atoms with Crippen molar-refractivity contribution in [1.29, 1.82) is 0 Å². The minimum atomic E-state index is -1.63. The molecule has 2 aliphatic rings. The molecule has 0 unspecified atom stereocenters. The third kappa shape index (κ3) is 13.5. The Balaban J connectivity index is 0.000000172. The van der Waals surface area contributed by atoms with Gasteiger partial charge in [0.25, 0.3) is 0 Å². The van der Waals surface area contributed by atoms with E-state index in [1.54, 1.807) is 24.3 Å². The molecule has 0 aliphatic carbocycles. The van der Waals surface area contributed by atoms with Gasteiger partial charge in [0.2, 0.25) is 5.60 Å². The maximum atomic E-state index is 14.0. The van der Waals surface area contributed by atoms with Gasteiger partial charge in [0.1, 0.15) is 31.3 Å². The van der Waals surface area contributed by atoms with Crippen LogP contribution in [0.15, 0.2) is 134 Å². The first kappa shape index (κ1) is 55.7. The minimum absolute atomic E-state index is 0.000567. The molecule has 6 atom stereocenters. The number of carbonyl (C=O) groups excluding carboxylic acids is 4. The van der Waals surface area contributed by atoms with Crippen LogP contribution in [0.5, 0.6) is 0 Å². The van der Waals surface area contributed by atoms with Crippen molar-refractivity contribution in [2.24, 2.45) is 0 Å². The molecule has 21 nitrogen and oxygen atoms in total. The number of rotatable bonds is 14. The third-order valence-corrected chi connectivity index (χ3v) is 12.5. The molecule has 0 spiro atoms. The summed E-state index contributed by atoms with van der Waals surface area (Å²) < 4.78 is 57.9. The summed E-state index contributed by atoms with van der Waals surface area (Å²) in [5.41, 5.74) is 12.0. The number of hydrogen-bond donors (Lipinski definition) is 4. The Labute approximate surface area is 449 Å². The van der Waals surface area contributed by atoms with Crippen LogP contribution in [0.1, 0.15) is 47.6 Å². The van der Waals surface area contributed by atoms with E-state index in [9.17, 15) is 38.2 Å². The average molecular weight is 1080 g/mol. The predicted octanol–water partition coefficient (Wildman–Crippen LogP) is 4.51. The Kier molecular flexibility index (Phi) is 17.7. The second-order valence-electron chi connectivity index (χ2n) is 17.9. The van der Waals surface area contributed by atoms with Crippen LogP contribution in [0.3, 0.4) is 0 Å². The lowest BCUT2D eigenvalue weighted by molar-refractivity contribution is -0.166. The molecule has 0 saturated carbocycles. The standard InChI is InChI=1S/C28H24FN5O5.C16H14O3.C12H12FN5O3/c1-2-28(16-37-22(35)13-18-9-5-3-6-10-18)20(38-23(36)14-19-11-7-4-8-12-19)15-21(39-28)34-17-31-24-25(30)32-27(29)33-26(24)34;17-15(11-13-7-3-1-4-8-13)19-16(18)12-14-9-5-2-6-10-14;1-2-12(4-19)6(20)3-7(21-12)18-5-15-8-9(14)16-11(13)17-10(8)18/h1,3-12,17,20-21H,13-16H2,(H2,30,32,33);1-10H,11-12H2;1,5-7,19-20H,3-4H2,(H2,14,16,17)/t20-,21+,28+;;6-,7+,12+/m0.0/s1. The normalized spacial score (nSPS) is 20.1. The molecule has 8 aromatic rings. The predicted molar refractivity (Wildman–Crippen MR) is 278 cm³/mol.